The van der Waals surface area contributed by atoms with Crippen LogP contribution in [0.1, 0.15) is 5.56 Å². The Kier molecular flexibility index (Phi) is 7.30. The van der Waals surface area contributed by atoms with Crippen molar-refractivity contribution in [2.24, 2.45) is 0 Å². The van der Waals surface area contributed by atoms with Crippen molar-refractivity contribution < 1.29 is 9.53 Å². The number of halogens is 1. The third-order valence-corrected chi connectivity index (χ3v) is 5.51. The first-order valence-electron chi connectivity index (χ1n) is 9.36. The molecule has 0 aromatic heterocycles. The number of nitriles is 1. The summed E-state index contributed by atoms with van der Waals surface area (Å²) in [6, 6.07) is 17.8. The molecule has 0 bridgehead atoms. The smallest absolute Gasteiger partial charge is 0.264 e. The molecule has 2 aromatic rings. The zero-order chi connectivity index (χ0) is 20.6. The summed E-state index contributed by atoms with van der Waals surface area (Å²) in [7, 11) is 0. The summed E-state index contributed by atoms with van der Waals surface area (Å²) >= 11 is 2.18. The van der Waals surface area contributed by atoms with E-state index in [0.29, 0.717) is 19.7 Å². The van der Waals surface area contributed by atoms with E-state index in [1.165, 1.54) is 0 Å². The summed E-state index contributed by atoms with van der Waals surface area (Å²) in [4.78, 5) is 16.9. The number of amides is 1. The molecule has 29 heavy (non-hydrogen) atoms. The molecule has 2 aromatic carbocycles. The fraction of sp³-hybridized carbons (Fsp3) is 0.217. The quantitative estimate of drug-likeness (QED) is 0.260. The Morgan fingerprint density at radius 1 is 1.17 bits per heavy atom. The zero-order valence-electron chi connectivity index (χ0n) is 16.1. The van der Waals surface area contributed by atoms with Crippen molar-refractivity contribution in [3.63, 3.8) is 0 Å². The van der Waals surface area contributed by atoms with Crippen molar-refractivity contribution >= 4 is 40.3 Å². The van der Waals surface area contributed by atoms with E-state index in [-0.39, 0.29) is 11.5 Å². The molecule has 1 heterocycles. The maximum Gasteiger partial charge on any atom is 0.264 e. The van der Waals surface area contributed by atoms with Crippen LogP contribution in [0.3, 0.4) is 0 Å². The summed E-state index contributed by atoms with van der Waals surface area (Å²) in [6.45, 7) is 6.77. The molecular weight excluding hydrogens is 477 g/mol. The number of ether oxygens (including phenoxy) is 1. The molecule has 0 radical (unpaired) electrons. The lowest BCUT2D eigenvalue weighted by atomic mass is 10.1. The third kappa shape index (κ3) is 5.39. The van der Waals surface area contributed by atoms with Crippen LogP contribution in [0.25, 0.3) is 6.08 Å². The van der Waals surface area contributed by atoms with Crippen molar-refractivity contribution in [1.82, 2.24) is 4.90 Å². The van der Waals surface area contributed by atoms with E-state index in [1.807, 2.05) is 36.4 Å². The van der Waals surface area contributed by atoms with Crippen molar-refractivity contribution in [3.05, 3.63) is 75.9 Å². The number of carbonyl (C=O) groups excluding carboxylic acids is 1. The Hall–Kier alpha value is -2.79. The molecule has 0 atom stereocenters. The van der Waals surface area contributed by atoms with Gasteiger partial charge < -0.3 is 14.5 Å². The Bertz CT molecular complexity index is 942. The normalized spacial score (nSPS) is 14.3. The van der Waals surface area contributed by atoms with Gasteiger partial charge in [0.15, 0.2) is 0 Å². The molecule has 1 amide bonds. The number of hydrogen-bond acceptors (Lipinski definition) is 4. The maximum absolute atomic E-state index is 12.8. The fourth-order valence-corrected chi connectivity index (χ4v) is 3.85. The molecule has 0 spiro atoms. The topological polar surface area (TPSA) is 56.6 Å². The van der Waals surface area contributed by atoms with E-state index in [1.54, 1.807) is 17.1 Å². The molecule has 1 aliphatic rings. The molecule has 3 rings (SSSR count). The van der Waals surface area contributed by atoms with Gasteiger partial charge in [0.05, 0.1) is 3.57 Å². The second kappa shape index (κ2) is 10.1. The van der Waals surface area contributed by atoms with E-state index in [9.17, 15) is 10.1 Å². The highest BCUT2D eigenvalue weighted by molar-refractivity contribution is 14.1. The fourth-order valence-electron chi connectivity index (χ4n) is 3.16. The lowest BCUT2D eigenvalue weighted by Crippen LogP contribution is -2.49. The van der Waals surface area contributed by atoms with E-state index >= 15 is 0 Å². The molecular formula is C23H22IN3O2. The Morgan fingerprint density at radius 3 is 2.52 bits per heavy atom. The molecule has 148 valence electrons. The molecule has 0 aliphatic carbocycles. The van der Waals surface area contributed by atoms with Crippen LogP contribution >= 0.6 is 22.6 Å². The molecule has 5 nitrogen and oxygen atoms in total. The number of nitrogens with zero attached hydrogens (tertiary/aromatic N) is 3. The van der Waals surface area contributed by atoms with Gasteiger partial charge in [-0.05, 0) is 58.5 Å². The van der Waals surface area contributed by atoms with Gasteiger partial charge in [-0.3, -0.25) is 4.79 Å². The van der Waals surface area contributed by atoms with Crippen molar-refractivity contribution in [2.45, 2.75) is 0 Å². The first-order valence-corrected chi connectivity index (χ1v) is 10.4. The molecule has 6 heteroatoms. The summed E-state index contributed by atoms with van der Waals surface area (Å²) in [5.41, 5.74) is 2.10. The van der Waals surface area contributed by atoms with Gasteiger partial charge in [-0.15, -0.1) is 0 Å². The number of rotatable bonds is 6. The van der Waals surface area contributed by atoms with Gasteiger partial charge in [0.1, 0.15) is 24.0 Å². The summed E-state index contributed by atoms with van der Waals surface area (Å²) in [5, 5.41) is 9.54. The number of anilines is 1. The maximum atomic E-state index is 12.8. The Morgan fingerprint density at radius 2 is 1.90 bits per heavy atom. The summed E-state index contributed by atoms with van der Waals surface area (Å²) in [5.74, 6) is 0.534. The molecule has 1 aliphatic heterocycles. The molecule has 1 fully saturated rings. The largest absolute Gasteiger partial charge is 0.488 e. The SMILES string of the molecule is C=CCOc1ccc(/C=C(/C#N)C(=O)N2CCN(c3ccccc3)CC2)cc1I. The minimum Gasteiger partial charge on any atom is -0.488 e. The van der Waals surface area contributed by atoms with Gasteiger partial charge in [0, 0.05) is 31.9 Å². The van der Waals surface area contributed by atoms with Crippen LogP contribution in [0, 0.1) is 14.9 Å². The van der Waals surface area contributed by atoms with Crippen LogP contribution in [0.2, 0.25) is 0 Å². The van der Waals surface area contributed by atoms with Crippen molar-refractivity contribution in [1.29, 1.82) is 5.26 Å². The standard InChI is InChI=1S/C23H22IN3O2/c1-2-14-29-22-9-8-18(16-21(22)24)15-19(17-25)23(28)27-12-10-26(11-13-27)20-6-4-3-5-7-20/h2-9,15-16H,1,10-14H2/b19-15-. The highest BCUT2D eigenvalue weighted by Crippen LogP contribution is 2.24. The minimum atomic E-state index is -0.220. The van der Waals surface area contributed by atoms with Gasteiger partial charge in [0.2, 0.25) is 0 Å². The second-order valence-electron chi connectivity index (χ2n) is 6.57. The van der Waals surface area contributed by atoms with Gasteiger partial charge in [-0.1, -0.05) is 36.9 Å². The monoisotopic (exact) mass is 499 g/mol. The zero-order valence-corrected chi connectivity index (χ0v) is 18.2. The first-order chi connectivity index (χ1) is 14.1. The van der Waals surface area contributed by atoms with Gasteiger partial charge in [0.25, 0.3) is 5.91 Å². The Labute approximate surface area is 185 Å². The average molecular weight is 499 g/mol. The predicted octanol–water partition coefficient (Wildman–Crippen LogP) is 4.11. The minimum absolute atomic E-state index is 0.147. The van der Waals surface area contributed by atoms with E-state index in [2.05, 4.69) is 52.3 Å². The van der Waals surface area contributed by atoms with E-state index < -0.39 is 0 Å². The molecule has 0 N–H and O–H groups in total. The van der Waals surface area contributed by atoms with Crippen LogP contribution in [-0.4, -0.2) is 43.6 Å². The van der Waals surface area contributed by atoms with Crippen LogP contribution in [0.5, 0.6) is 5.75 Å². The lowest BCUT2D eigenvalue weighted by molar-refractivity contribution is -0.126. The highest BCUT2D eigenvalue weighted by atomic mass is 127. The number of benzene rings is 2. The van der Waals surface area contributed by atoms with Gasteiger partial charge >= 0.3 is 0 Å². The first kappa shape index (κ1) is 20.9. The third-order valence-electron chi connectivity index (χ3n) is 4.66. The van der Waals surface area contributed by atoms with Crippen molar-refractivity contribution in [3.8, 4) is 11.8 Å². The van der Waals surface area contributed by atoms with Crippen LogP contribution in [0.15, 0.2) is 66.8 Å². The number of para-hydroxylation sites is 1. The average Bonchev–Trinajstić information content (AvgIpc) is 2.77. The molecule has 0 unspecified atom stereocenters. The predicted molar refractivity (Wildman–Crippen MR) is 124 cm³/mol. The van der Waals surface area contributed by atoms with Crippen LogP contribution < -0.4 is 9.64 Å². The lowest BCUT2D eigenvalue weighted by Gasteiger charge is -2.36. The Balaban J connectivity index is 1.67. The second-order valence-corrected chi connectivity index (χ2v) is 7.74. The highest BCUT2D eigenvalue weighted by Gasteiger charge is 2.23. The number of piperazine rings is 1. The van der Waals surface area contributed by atoms with Crippen molar-refractivity contribution in [2.75, 3.05) is 37.7 Å². The van der Waals surface area contributed by atoms with E-state index in [0.717, 1.165) is 33.7 Å². The molecule has 0 saturated carbocycles. The summed E-state index contributed by atoms with van der Waals surface area (Å²) < 4.78 is 6.49. The van der Waals surface area contributed by atoms with Crippen LogP contribution in [0.4, 0.5) is 5.69 Å². The summed E-state index contributed by atoms with van der Waals surface area (Å²) in [6.07, 6.45) is 3.33. The van der Waals surface area contributed by atoms with Gasteiger partial charge in [-0.25, -0.2) is 0 Å². The number of carbonyl (C=O) groups is 1. The van der Waals surface area contributed by atoms with Crippen LogP contribution in [-0.2, 0) is 4.79 Å². The van der Waals surface area contributed by atoms with Gasteiger partial charge in [-0.2, -0.15) is 5.26 Å². The molecule has 1 saturated heterocycles. The number of hydrogen-bond donors (Lipinski definition) is 0. The van der Waals surface area contributed by atoms with E-state index in [4.69, 9.17) is 4.74 Å².